The Balaban J connectivity index is 1.88. The third-order valence-electron chi connectivity index (χ3n) is 3.31. The average Bonchev–Trinajstić information content (AvgIpc) is 2.72. The Morgan fingerprint density at radius 1 is 1.23 bits per heavy atom. The smallest absolute Gasteiger partial charge is 0.113 e. The molecule has 3 rings (SSSR count). The van der Waals surface area contributed by atoms with Crippen LogP contribution in [0.1, 0.15) is 56.2 Å². The van der Waals surface area contributed by atoms with Gasteiger partial charge in [-0.25, -0.2) is 0 Å². The molecule has 2 saturated carbocycles. The van der Waals surface area contributed by atoms with E-state index in [0.29, 0.717) is 6.04 Å². The summed E-state index contributed by atoms with van der Waals surface area (Å²) in [6, 6.07) is 2.79. The van der Waals surface area contributed by atoms with Crippen LogP contribution in [0, 0.1) is 6.20 Å². The summed E-state index contributed by atoms with van der Waals surface area (Å²) in [5, 5.41) is 4.35. The Hall–Kier alpha value is -0.790. The molecule has 2 aliphatic carbocycles. The first-order valence-corrected chi connectivity index (χ1v) is 5.40. The molecule has 0 amide bonds. The minimum absolute atomic E-state index is 0.696. The molecule has 0 aliphatic heterocycles. The van der Waals surface area contributed by atoms with Crippen molar-refractivity contribution in [1.82, 2.24) is 9.78 Å². The van der Waals surface area contributed by atoms with Gasteiger partial charge in [0.1, 0.15) is 6.20 Å². The summed E-state index contributed by atoms with van der Waals surface area (Å²) in [5.74, 6) is 0.819. The number of nitrogens with zero attached hydrogens (tertiary/aromatic N) is 2. The topological polar surface area (TPSA) is 17.8 Å². The molecule has 0 spiro atoms. The Bertz CT molecular complexity index is 293. The first-order chi connectivity index (χ1) is 6.45. The van der Waals surface area contributed by atoms with Gasteiger partial charge in [-0.1, -0.05) is 12.8 Å². The zero-order chi connectivity index (χ0) is 8.67. The molecule has 2 heteroatoms. The van der Waals surface area contributed by atoms with Crippen molar-refractivity contribution in [2.75, 3.05) is 0 Å². The Morgan fingerprint density at radius 3 is 2.69 bits per heavy atom. The highest BCUT2D eigenvalue weighted by molar-refractivity contribution is 5.14. The highest BCUT2D eigenvalue weighted by atomic mass is 15.3. The first kappa shape index (κ1) is 7.60. The summed E-state index contributed by atoms with van der Waals surface area (Å²) in [4.78, 5) is 0. The van der Waals surface area contributed by atoms with Crippen molar-refractivity contribution in [1.29, 1.82) is 0 Å². The minimum Gasteiger partial charge on any atom is -0.266 e. The highest BCUT2D eigenvalue weighted by Crippen LogP contribution is 2.42. The van der Waals surface area contributed by atoms with Gasteiger partial charge in [0.25, 0.3) is 0 Å². The van der Waals surface area contributed by atoms with Crippen LogP contribution in [-0.2, 0) is 0 Å². The van der Waals surface area contributed by atoms with Gasteiger partial charge in [0.15, 0.2) is 0 Å². The average molecular weight is 175 g/mol. The van der Waals surface area contributed by atoms with Crippen LogP contribution in [0.3, 0.4) is 0 Å². The summed E-state index contributed by atoms with van der Waals surface area (Å²) < 4.78 is 2.25. The molecule has 2 fully saturated rings. The molecule has 1 heterocycles. The van der Waals surface area contributed by atoms with Crippen LogP contribution >= 0.6 is 0 Å². The molecular weight excluding hydrogens is 160 g/mol. The molecule has 0 bridgehead atoms. The molecule has 0 unspecified atom stereocenters. The van der Waals surface area contributed by atoms with E-state index in [1.165, 1.54) is 44.2 Å². The third-order valence-corrected chi connectivity index (χ3v) is 3.31. The fourth-order valence-electron chi connectivity index (χ4n) is 2.41. The number of aromatic nitrogens is 2. The molecule has 2 aliphatic rings. The maximum atomic E-state index is 4.35. The van der Waals surface area contributed by atoms with Gasteiger partial charge in [0, 0.05) is 11.6 Å². The van der Waals surface area contributed by atoms with E-state index in [2.05, 4.69) is 22.0 Å². The van der Waals surface area contributed by atoms with Crippen LogP contribution in [0.5, 0.6) is 0 Å². The van der Waals surface area contributed by atoms with Crippen LogP contribution in [0.25, 0.3) is 0 Å². The molecule has 1 aromatic heterocycles. The normalized spacial score (nSPS) is 24.0. The fourth-order valence-corrected chi connectivity index (χ4v) is 2.41. The third kappa shape index (κ3) is 1.28. The molecule has 0 atom stereocenters. The van der Waals surface area contributed by atoms with Gasteiger partial charge in [0.2, 0.25) is 0 Å². The summed E-state index contributed by atoms with van der Waals surface area (Å²) in [6.45, 7) is 0. The second-order valence-corrected chi connectivity index (χ2v) is 4.36. The second-order valence-electron chi connectivity index (χ2n) is 4.36. The van der Waals surface area contributed by atoms with Gasteiger partial charge in [-0.15, -0.1) is 0 Å². The summed E-state index contributed by atoms with van der Waals surface area (Å²) in [7, 11) is 0. The largest absolute Gasteiger partial charge is 0.266 e. The number of hydrogen-bond acceptors (Lipinski definition) is 1. The lowest BCUT2D eigenvalue weighted by Crippen LogP contribution is -2.09. The fraction of sp³-hybridized carbons (Fsp3) is 0.727. The van der Waals surface area contributed by atoms with Gasteiger partial charge < -0.3 is 0 Å². The summed E-state index contributed by atoms with van der Waals surface area (Å²) in [5.41, 5.74) is 1.45. The van der Waals surface area contributed by atoms with Gasteiger partial charge >= 0.3 is 0 Å². The van der Waals surface area contributed by atoms with E-state index in [1.54, 1.807) is 0 Å². The minimum atomic E-state index is 0.696. The molecule has 0 N–H and O–H groups in total. The van der Waals surface area contributed by atoms with Crippen molar-refractivity contribution in [3.63, 3.8) is 0 Å². The Labute approximate surface area is 78.9 Å². The summed E-state index contributed by atoms with van der Waals surface area (Å²) >= 11 is 0. The van der Waals surface area contributed by atoms with E-state index in [9.17, 15) is 0 Å². The number of hydrogen-bond donors (Lipinski definition) is 0. The van der Waals surface area contributed by atoms with Crippen molar-refractivity contribution in [2.24, 2.45) is 0 Å². The van der Waals surface area contributed by atoms with Crippen molar-refractivity contribution in [3.05, 3.63) is 18.0 Å². The van der Waals surface area contributed by atoms with Crippen LogP contribution in [0.15, 0.2) is 6.07 Å². The van der Waals surface area contributed by atoms with E-state index in [-0.39, 0.29) is 0 Å². The van der Waals surface area contributed by atoms with Gasteiger partial charge in [-0.2, -0.15) is 5.10 Å². The summed E-state index contributed by atoms with van der Waals surface area (Å²) in [6.07, 6.45) is 11.2. The van der Waals surface area contributed by atoms with Crippen molar-refractivity contribution >= 4 is 0 Å². The quantitative estimate of drug-likeness (QED) is 0.675. The zero-order valence-corrected chi connectivity index (χ0v) is 7.87. The van der Waals surface area contributed by atoms with E-state index >= 15 is 0 Å². The molecule has 69 valence electrons. The maximum Gasteiger partial charge on any atom is 0.113 e. The first-order valence-electron chi connectivity index (χ1n) is 5.40. The highest BCUT2D eigenvalue weighted by Gasteiger charge is 2.29. The van der Waals surface area contributed by atoms with Crippen LogP contribution in [-0.4, -0.2) is 9.78 Å². The molecule has 2 nitrogen and oxygen atoms in total. The molecule has 0 saturated heterocycles. The van der Waals surface area contributed by atoms with E-state index in [1.807, 2.05) is 0 Å². The second kappa shape index (κ2) is 2.86. The lowest BCUT2D eigenvalue weighted by atomic mass is 10.2. The Kier molecular flexibility index (Phi) is 1.67. The maximum absolute atomic E-state index is 4.35. The molecular formula is C11H15N2. The molecule has 0 aromatic carbocycles. The lowest BCUT2D eigenvalue weighted by molar-refractivity contribution is 0.449. The van der Waals surface area contributed by atoms with E-state index in [4.69, 9.17) is 0 Å². The molecule has 1 aromatic rings. The Morgan fingerprint density at radius 2 is 2.00 bits per heavy atom. The van der Waals surface area contributed by atoms with Gasteiger partial charge in [-0.3, -0.25) is 4.68 Å². The van der Waals surface area contributed by atoms with Crippen LogP contribution in [0.2, 0.25) is 0 Å². The SMILES string of the molecule is [c]1cc(C2CC2)n(C2CCCC2)n1. The van der Waals surface area contributed by atoms with Crippen molar-refractivity contribution < 1.29 is 0 Å². The monoisotopic (exact) mass is 175 g/mol. The molecule has 1 radical (unpaired) electrons. The van der Waals surface area contributed by atoms with Crippen molar-refractivity contribution in [2.45, 2.75) is 50.5 Å². The van der Waals surface area contributed by atoms with E-state index < -0.39 is 0 Å². The standard InChI is InChI=1S/C11H15N2/c1-2-4-10(3-1)13-11(7-8-12-13)9-5-6-9/h7,9-10H,1-6H2. The van der Waals surface area contributed by atoms with Gasteiger partial charge in [0.05, 0.1) is 6.04 Å². The van der Waals surface area contributed by atoms with Crippen molar-refractivity contribution in [3.8, 4) is 0 Å². The molecule has 13 heavy (non-hydrogen) atoms. The predicted octanol–water partition coefficient (Wildman–Crippen LogP) is 2.68. The predicted molar refractivity (Wildman–Crippen MR) is 50.5 cm³/mol. The van der Waals surface area contributed by atoms with E-state index in [0.717, 1.165) is 5.92 Å². The van der Waals surface area contributed by atoms with Crippen LogP contribution in [0.4, 0.5) is 0 Å². The van der Waals surface area contributed by atoms with Gasteiger partial charge in [-0.05, 0) is 31.7 Å². The lowest BCUT2D eigenvalue weighted by Gasteiger charge is -2.13. The number of rotatable bonds is 2. The van der Waals surface area contributed by atoms with Crippen LogP contribution < -0.4 is 0 Å². The zero-order valence-electron chi connectivity index (χ0n) is 7.87.